The molecular weight excluding hydrogens is 315 g/mol. The molecule has 0 saturated carbocycles. The fourth-order valence-electron chi connectivity index (χ4n) is 2.19. The summed E-state index contributed by atoms with van der Waals surface area (Å²) in [6.45, 7) is 2.63. The minimum atomic E-state index is -0.478. The number of likely N-dealkylation sites (N-methyl/N-ethyl adjacent to an activating group) is 1. The maximum Gasteiger partial charge on any atom is 0.142 e. The van der Waals surface area contributed by atoms with Crippen LogP contribution < -0.4 is 5.32 Å². The van der Waals surface area contributed by atoms with Crippen LogP contribution in [0.4, 0.5) is 8.78 Å². The molecule has 0 fully saturated rings. The van der Waals surface area contributed by atoms with Crippen molar-refractivity contribution in [2.45, 2.75) is 19.4 Å². The maximum absolute atomic E-state index is 13.9. The third-order valence-electron chi connectivity index (χ3n) is 3.24. The Hall–Kier alpha value is -1.16. The van der Waals surface area contributed by atoms with E-state index in [1.165, 1.54) is 18.2 Å². The molecule has 2 aromatic carbocycles. The van der Waals surface area contributed by atoms with E-state index in [-0.39, 0.29) is 16.9 Å². The van der Waals surface area contributed by atoms with E-state index in [0.717, 1.165) is 5.56 Å². The third kappa shape index (κ3) is 4.16. The summed E-state index contributed by atoms with van der Waals surface area (Å²) in [5.74, 6) is -0.839. The van der Waals surface area contributed by atoms with Crippen LogP contribution in [0.25, 0.3) is 0 Å². The predicted molar refractivity (Wildman–Crippen MR) is 82.9 cm³/mol. The van der Waals surface area contributed by atoms with Crippen LogP contribution in [0, 0.1) is 11.6 Å². The van der Waals surface area contributed by atoms with E-state index in [2.05, 4.69) is 5.32 Å². The second kappa shape index (κ2) is 7.21. The van der Waals surface area contributed by atoms with E-state index in [9.17, 15) is 8.78 Å². The largest absolute Gasteiger partial charge is 0.310 e. The average molecular weight is 330 g/mol. The Balaban J connectivity index is 2.28. The van der Waals surface area contributed by atoms with Crippen LogP contribution in [-0.2, 0) is 6.42 Å². The third-order valence-corrected chi connectivity index (χ3v) is 3.78. The molecule has 0 aliphatic heterocycles. The Labute approximate surface area is 132 Å². The van der Waals surface area contributed by atoms with Crippen molar-refractivity contribution >= 4 is 23.2 Å². The lowest BCUT2D eigenvalue weighted by Gasteiger charge is -2.19. The second-order valence-electron chi connectivity index (χ2n) is 4.72. The average Bonchev–Trinajstić information content (AvgIpc) is 2.44. The van der Waals surface area contributed by atoms with Gasteiger partial charge in [-0.2, -0.15) is 0 Å². The lowest BCUT2D eigenvalue weighted by Crippen LogP contribution is -2.23. The van der Waals surface area contributed by atoms with Gasteiger partial charge in [0.15, 0.2) is 0 Å². The molecular formula is C16H15Cl2F2N. The number of halogens is 4. The molecule has 112 valence electrons. The summed E-state index contributed by atoms with van der Waals surface area (Å²) < 4.78 is 27.5. The van der Waals surface area contributed by atoms with Crippen molar-refractivity contribution in [3.05, 3.63) is 69.2 Å². The molecule has 1 nitrogen and oxygen atoms in total. The minimum absolute atomic E-state index is 0.0756. The zero-order valence-corrected chi connectivity index (χ0v) is 13.0. The van der Waals surface area contributed by atoms with Gasteiger partial charge in [-0.3, -0.25) is 0 Å². The van der Waals surface area contributed by atoms with Crippen LogP contribution in [-0.4, -0.2) is 6.54 Å². The fourth-order valence-corrected chi connectivity index (χ4v) is 2.47. The van der Waals surface area contributed by atoms with Gasteiger partial charge in [-0.15, -0.1) is 0 Å². The van der Waals surface area contributed by atoms with Crippen molar-refractivity contribution in [1.82, 2.24) is 5.32 Å². The molecule has 0 saturated heterocycles. The molecule has 0 amide bonds. The molecule has 0 bridgehead atoms. The van der Waals surface area contributed by atoms with Gasteiger partial charge in [-0.25, -0.2) is 8.78 Å². The highest BCUT2D eigenvalue weighted by Crippen LogP contribution is 2.25. The van der Waals surface area contributed by atoms with Crippen molar-refractivity contribution in [3.63, 3.8) is 0 Å². The number of benzene rings is 2. The zero-order valence-electron chi connectivity index (χ0n) is 11.5. The first-order valence-electron chi connectivity index (χ1n) is 6.63. The monoisotopic (exact) mass is 329 g/mol. The van der Waals surface area contributed by atoms with Crippen LogP contribution in [0.1, 0.15) is 24.1 Å². The molecule has 0 heterocycles. The van der Waals surface area contributed by atoms with Crippen LogP contribution in [0.2, 0.25) is 10.0 Å². The van der Waals surface area contributed by atoms with Gasteiger partial charge in [0.05, 0.1) is 5.02 Å². The number of hydrogen-bond donors (Lipinski definition) is 1. The van der Waals surface area contributed by atoms with Gasteiger partial charge in [0.25, 0.3) is 0 Å². The molecule has 5 heteroatoms. The SMILES string of the molecule is CCNC(Cc1ccc(Cl)cc1F)c1ccc(Cl)c(F)c1. The molecule has 0 spiro atoms. The van der Waals surface area contributed by atoms with E-state index in [4.69, 9.17) is 23.2 Å². The Kier molecular flexibility index (Phi) is 5.57. The molecule has 2 rings (SSSR count). The number of hydrogen-bond acceptors (Lipinski definition) is 1. The molecule has 0 aliphatic carbocycles. The van der Waals surface area contributed by atoms with E-state index in [0.29, 0.717) is 23.6 Å². The fraction of sp³-hybridized carbons (Fsp3) is 0.250. The minimum Gasteiger partial charge on any atom is -0.310 e. The Bertz CT molecular complexity index is 632. The molecule has 1 atom stereocenters. The number of nitrogens with one attached hydrogen (secondary N) is 1. The van der Waals surface area contributed by atoms with Crippen molar-refractivity contribution in [2.75, 3.05) is 6.54 Å². The first-order chi connectivity index (χ1) is 10.0. The van der Waals surface area contributed by atoms with Crippen LogP contribution in [0.15, 0.2) is 36.4 Å². The van der Waals surface area contributed by atoms with E-state index >= 15 is 0 Å². The van der Waals surface area contributed by atoms with Gasteiger partial charge in [-0.05, 0) is 48.4 Å². The molecule has 1 unspecified atom stereocenters. The summed E-state index contributed by atoms with van der Waals surface area (Å²) in [6, 6.07) is 9.00. The molecule has 21 heavy (non-hydrogen) atoms. The molecule has 0 radical (unpaired) electrons. The van der Waals surface area contributed by atoms with Gasteiger partial charge < -0.3 is 5.32 Å². The molecule has 0 aliphatic rings. The molecule has 2 aromatic rings. The molecule has 1 N–H and O–H groups in total. The van der Waals surface area contributed by atoms with Gasteiger partial charge in [0.1, 0.15) is 11.6 Å². The summed E-state index contributed by atoms with van der Waals surface area (Å²) in [6.07, 6.45) is 0.401. The lowest BCUT2D eigenvalue weighted by atomic mass is 9.98. The smallest absolute Gasteiger partial charge is 0.142 e. The van der Waals surface area contributed by atoms with Crippen molar-refractivity contribution < 1.29 is 8.78 Å². The first-order valence-corrected chi connectivity index (χ1v) is 7.39. The lowest BCUT2D eigenvalue weighted by molar-refractivity contribution is 0.523. The Morgan fingerprint density at radius 2 is 1.81 bits per heavy atom. The highest BCUT2D eigenvalue weighted by atomic mass is 35.5. The first kappa shape index (κ1) is 16.2. The van der Waals surface area contributed by atoms with Crippen LogP contribution in [0.3, 0.4) is 0 Å². The zero-order chi connectivity index (χ0) is 15.4. The summed E-state index contributed by atoms with van der Waals surface area (Å²) in [4.78, 5) is 0. The standard InChI is InChI=1S/C16H15Cl2F2N/c1-2-21-16(11-4-6-13(18)15(20)7-11)8-10-3-5-12(17)9-14(10)19/h3-7,9,16,21H,2,8H2,1H3. The van der Waals surface area contributed by atoms with Gasteiger partial charge in [0, 0.05) is 11.1 Å². The summed E-state index contributed by atoms with van der Waals surface area (Å²) in [5, 5.41) is 3.66. The van der Waals surface area contributed by atoms with Gasteiger partial charge >= 0.3 is 0 Å². The summed E-state index contributed by atoms with van der Waals surface area (Å²) in [7, 11) is 0. The van der Waals surface area contributed by atoms with E-state index in [1.54, 1.807) is 18.2 Å². The van der Waals surface area contributed by atoms with Crippen molar-refractivity contribution in [3.8, 4) is 0 Å². The van der Waals surface area contributed by atoms with Gasteiger partial charge in [0.2, 0.25) is 0 Å². The summed E-state index contributed by atoms with van der Waals surface area (Å²) in [5.41, 5.74) is 1.26. The van der Waals surface area contributed by atoms with Crippen molar-refractivity contribution in [1.29, 1.82) is 0 Å². The highest BCUT2D eigenvalue weighted by molar-refractivity contribution is 6.30. The normalized spacial score (nSPS) is 12.4. The second-order valence-corrected chi connectivity index (χ2v) is 5.57. The quantitative estimate of drug-likeness (QED) is 0.798. The van der Waals surface area contributed by atoms with Crippen molar-refractivity contribution in [2.24, 2.45) is 0 Å². The van der Waals surface area contributed by atoms with Crippen LogP contribution >= 0.6 is 23.2 Å². The van der Waals surface area contributed by atoms with Gasteiger partial charge in [-0.1, -0.05) is 42.3 Å². The topological polar surface area (TPSA) is 12.0 Å². The highest BCUT2D eigenvalue weighted by Gasteiger charge is 2.15. The number of rotatable bonds is 5. The van der Waals surface area contributed by atoms with Crippen LogP contribution in [0.5, 0.6) is 0 Å². The van der Waals surface area contributed by atoms with E-state index in [1.807, 2.05) is 6.92 Å². The maximum atomic E-state index is 13.9. The Morgan fingerprint density at radius 3 is 2.43 bits per heavy atom. The van der Waals surface area contributed by atoms with E-state index < -0.39 is 5.82 Å². The molecule has 0 aromatic heterocycles. The Morgan fingerprint density at radius 1 is 1.05 bits per heavy atom. The predicted octanol–water partition coefficient (Wildman–Crippen LogP) is 5.16. The summed E-state index contributed by atoms with van der Waals surface area (Å²) >= 11 is 11.4.